The minimum atomic E-state index is -0.762. The number of carbonyl (C=O) groups is 1. The minimum Gasteiger partial charge on any atom is -0.480 e. The van der Waals surface area contributed by atoms with Crippen LogP contribution in [0, 0.1) is 6.92 Å². The Kier molecular flexibility index (Phi) is 5.06. The molecule has 5 nitrogen and oxygen atoms in total. The lowest BCUT2D eigenvalue weighted by molar-refractivity contribution is -0.138. The third kappa shape index (κ3) is 3.54. The Morgan fingerprint density at radius 2 is 2.12 bits per heavy atom. The number of carboxylic acid groups (broad SMARTS) is 1. The van der Waals surface area contributed by atoms with Gasteiger partial charge in [-0.2, -0.15) is 0 Å². The molecule has 1 aliphatic rings. The first kappa shape index (κ1) is 17.2. The number of pyridine rings is 1. The second-order valence-electron chi connectivity index (χ2n) is 6.48. The minimum absolute atomic E-state index is 0.109. The Balaban J connectivity index is 1.76. The highest BCUT2D eigenvalue weighted by Gasteiger charge is 2.24. The van der Waals surface area contributed by atoms with Crippen LogP contribution in [0.2, 0.25) is 0 Å². The van der Waals surface area contributed by atoms with E-state index in [0.717, 1.165) is 41.3 Å². The van der Waals surface area contributed by atoms with E-state index in [4.69, 9.17) is 5.11 Å². The molecule has 24 heavy (non-hydrogen) atoms. The van der Waals surface area contributed by atoms with E-state index in [1.165, 1.54) is 11.3 Å². The Bertz CT molecular complexity index is 757. The summed E-state index contributed by atoms with van der Waals surface area (Å²) in [5.74, 6) is -0.762. The van der Waals surface area contributed by atoms with E-state index in [0.29, 0.717) is 6.04 Å². The summed E-state index contributed by atoms with van der Waals surface area (Å²) < 4.78 is 1.07. The van der Waals surface area contributed by atoms with Crippen molar-refractivity contribution in [1.82, 2.24) is 9.88 Å². The molecule has 0 bridgehead atoms. The predicted molar refractivity (Wildman–Crippen MR) is 99.7 cm³/mol. The number of halogens is 1. The van der Waals surface area contributed by atoms with E-state index >= 15 is 0 Å². The number of likely N-dealkylation sites (N-methyl/N-ethyl adjacent to an activating group) is 1. The van der Waals surface area contributed by atoms with Gasteiger partial charge in [0.05, 0.1) is 12.1 Å². The van der Waals surface area contributed by atoms with Crippen LogP contribution < -0.4 is 4.90 Å². The summed E-state index contributed by atoms with van der Waals surface area (Å²) in [5.41, 5.74) is 3.47. The van der Waals surface area contributed by atoms with Gasteiger partial charge in [-0.3, -0.25) is 14.7 Å². The lowest BCUT2D eigenvalue weighted by atomic mass is 10.0. The average Bonchev–Trinajstić information content (AvgIpc) is 2.55. The number of aryl methyl sites for hydroxylation is 1. The van der Waals surface area contributed by atoms with E-state index in [2.05, 4.69) is 44.9 Å². The van der Waals surface area contributed by atoms with Gasteiger partial charge in [0.1, 0.15) is 0 Å². The maximum atomic E-state index is 10.9. The fourth-order valence-electron chi connectivity index (χ4n) is 3.49. The first-order valence-corrected chi connectivity index (χ1v) is 8.97. The Hall–Kier alpha value is -1.66. The van der Waals surface area contributed by atoms with Gasteiger partial charge in [-0.25, -0.2) is 0 Å². The van der Waals surface area contributed by atoms with Gasteiger partial charge in [0.25, 0.3) is 0 Å². The average molecular weight is 392 g/mol. The van der Waals surface area contributed by atoms with Crippen molar-refractivity contribution in [3.63, 3.8) is 0 Å². The molecule has 1 fully saturated rings. The molecular weight excluding hydrogens is 370 g/mol. The van der Waals surface area contributed by atoms with Crippen LogP contribution in [-0.4, -0.2) is 53.7 Å². The third-order valence-electron chi connectivity index (χ3n) is 4.82. The lowest BCUT2D eigenvalue weighted by Gasteiger charge is -2.38. The molecule has 0 amide bonds. The molecule has 2 aromatic rings. The van der Waals surface area contributed by atoms with E-state index in [1.807, 2.05) is 24.2 Å². The van der Waals surface area contributed by atoms with Crippen molar-refractivity contribution in [1.29, 1.82) is 0 Å². The fraction of sp³-hybridized carbons (Fsp3) is 0.444. The summed E-state index contributed by atoms with van der Waals surface area (Å²) in [6.07, 6.45) is 3.78. The quantitative estimate of drug-likeness (QED) is 0.866. The SMILES string of the molecule is Cc1cc2c(Br)ccnc2cc1N1CCC(N(C)CC(=O)O)CC1. The summed E-state index contributed by atoms with van der Waals surface area (Å²) >= 11 is 3.59. The monoisotopic (exact) mass is 391 g/mol. The van der Waals surface area contributed by atoms with Crippen LogP contribution >= 0.6 is 15.9 Å². The van der Waals surface area contributed by atoms with E-state index in [-0.39, 0.29) is 6.54 Å². The maximum Gasteiger partial charge on any atom is 0.317 e. The lowest BCUT2D eigenvalue weighted by Crippen LogP contribution is -2.45. The molecule has 1 saturated heterocycles. The van der Waals surface area contributed by atoms with Crippen LogP contribution in [0.1, 0.15) is 18.4 Å². The normalized spacial score (nSPS) is 16.1. The van der Waals surface area contributed by atoms with Gasteiger partial charge < -0.3 is 10.0 Å². The van der Waals surface area contributed by atoms with Crippen molar-refractivity contribution < 1.29 is 9.90 Å². The molecule has 128 valence electrons. The van der Waals surface area contributed by atoms with E-state index in [9.17, 15) is 4.79 Å². The highest BCUT2D eigenvalue weighted by atomic mass is 79.9. The van der Waals surface area contributed by atoms with Crippen LogP contribution in [0.15, 0.2) is 28.9 Å². The highest BCUT2D eigenvalue weighted by Crippen LogP contribution is 2.31. The number of fused-ring (bicyclic) bond motifs is 1. The number of anilines is 1. The molecule has 0 aliphatic carbocycles. The zero-order valence-electron chi connectivity index (χ0n) is 14.0. The van der Waals surface area contributed by atoms with Gasteiger partial charge in [0.2, 0.25) is 0 Å². The van der Waals surface area contributed by atoms with Gasteiger partial charge in [-0.15, -0.1) is 0 Å². The number of aliphatic carboxylic acids is 1. The number of nitrogens with zero attached hydrogens (tertiary/aromatic N) is 3. The topological polar surface area (TPSA) is 56.7 Å². The smallest absolute Gasteiger partial charge is 0.317 e. The van der Waals surface area contributed by atoms with Crippen molar-refractivity contribution in [3.8, 4) is 0 Å². The van der Waals surface area contributed by atoms with Crippen molar-refractivity contribution in [3.05, 3.63) is 34.4 Å². The number of rotatable bonds is 4. The molecule has 6 heteroatoms. The van der Waals surface area contributed by atoms with Crippen LogP contribution in [0.25, 0.3) is 10.9 Å². The molecule has 2 heterocycles. The van der Waals surface area contributed by atoms with Gasteiger partial charge in [0.15, 0.2) is 0 Å². The highest BCUT2D eigenvalue weighted by molar-refractivity contribution is 9.10. The van der Waals surface area contributed by atoms with E-state index < -0.39 is 5.97 Å². The number of hydrogen-bond donors (Lipinski definition) is 1. The standard InChI is InChI=1S/C18H22BrN3O2/c1-12-9-14-15(19)3-6-20-16(14)10-17(12)22-7-4-13(5-8-22)21(2)11-18(23)24/h3,6,9-10,13H,4-5,7-8,11H2,1-2H3,(H,23,24). The molecule has 1 aliphatic heterocycles. The summed E-state index contributed by atoms with van der Waals surface area (Å²) in [4.78, 5) is 19.7. The Labute approximate surface area is 150 Å². The van der Waals surface area contributed by atoms with Crippen LogP contribution in [-0.2, 0) is 4.79 Å². The first-order chi connectivity index (χ1) is 11.5. The second-order valence-corrected chi connectivity index (χ2v) is 7.33. The molecule has 0 saturated carbocycles. The molecular formula is C18H22BrN3O2. The van der Waals surface area contributed by atoms with Crippen LogP contribution in [0.5, 0.6) is 0 Å². The number of aromatic nitrogens is 1. The molecule has 0 spiro atoms. The van der Waals surface area contributed by atoms with E-state index in [1.54, 1.807) is 0 Å². The fourth-order valence-corrected chi connectivity index (χ4v) is 3.92. The predicted octanol–water partition coefficient (Wildman–Crippen LogP) is 3.29. The van der Waals surface area contributed by atoms with Crippen molar-refractivity contribution in [2.75, 3.05) is 31.6 Å². The zero-order chi connectivity index (χ0) is 17.3. The maximum absolute atomic E-state index is 10.9. The third-order valence-corrected chi connectivity index (χ3v) is 5.51. The number of piperidine rings is 1. The number of carboxylic acids is 1. The second kappa shape index (κ2) is 7.07. The van der Waals surface area contributed by atoms with Gasteiger partial charge in [0, 0.05) is 40.9 Å². The molecule has 3 rings (SSSR count). The summed E-state index contributed by atoms with van der Waals surface area (Å²) in [6.45, 7) is 4.12. The van der Waals surface area contributed by atoms with Gasteiger partial charge in [-0.1, -0.05) is 15.9 Å². The summed E-state index contributed by atoms with van der Waals surface area (Å²) in [6, 6.07) is 6.65. The summed E-state index contributed by atoms with van der Waals surface area (Å²) in [7, 11) is 1.90. The van der Waals surface area contributed by atoms with Crippen molar-refractivity contribution in [2.24, 2.45) is 0 Å². The number of hydrogen-bond acceptors (Lipinski definition) is 4. The summed E-state index contributed by atoms with van der Waals surface area (Å²) in [5, 5.41) is 10.1. The van der Waals surface area contributed by atoms with Crippen LogP contribution in [0.4, 0.5) is 5.69 Å². The van der Waals surface area contributed by atoms with Crippen molar-refractivity contribution in [2.45, 2.75) is 25.8 Å². The molecule has 0 atom stereocenters. The van der Waals surface area contributed by atoms with Gasteiger partial charge in [-0.05, 0) is 50.6 Å². The van der Waals surface area contributed by atoms with Gasteiger partial charge >= 0.3 is 5.97 Å². The molecule has 1 N–H and O–H groups in total. The largest absolute Gasteiger partial charge is 0.480 e. The number of benzene rings is 1. The molecule has 1 aromatic carbocycles. The van der Waals surface area contributed by atoms with Crippen molar-refractivity contribution >= 4 is 38.5 Å². The Morgan fingerprint density at radius 1 is 1.42 bits per heavy atom. The zero-order valence-corrected chi connectivity index (χ0v) is 15.6. The van der Waals surface area contributed by atoms with Crippen LogP contribution in [0.3, 0.4) is 0 Å². The first-order valence-electron chi connectivity index (χ1n) is 8.17. The molecule has 0 radical (unpaired) electrons. The molecule has 1 aromatic heterocycles. The Morgan fingerprint density at radius 3 is 2.79 bits per heavy atom. The molecule has 0 unspecified atom stereocenters.